The molecule has 3 aromatic rings. The Bertz CT molecular complexity index is 1170. The molecular weight excluding hydrogens is 426 g/mol. The van der Waals surface area contributed by atoms with Crippen molar-refractivity contribution < 1.29 is 17.7 Å². The summed E-state index contributed by atoms with van der Waals surface area (Å²) in [7, 11) is -1.91. The zero-order valence-electron chi connectivity index (χ0n) is 18.9. The average Bonchev–Trinajstić information content (AvgIpc) is 3.29. The highest BCUT2D eigenvalue weighted by atomic mass is 32.2. The van der Waals surface area contributed by atoms with E-state index in [2.05, 4.69) is 30.9 Å². The lowest BCUT2D eigenvalue weighted by atomic mass is 9.87. The van der Waals surface area contributed by atoms with Crippen LogP contribution < -0.4 is 4.74 Å². The van der Waals surface area contributed by atoms with Crippen LogP contribution in [0.3, 0.4) is 0 Å². The summed E-state index contributed by atoms with van der Waals surface area (Å²) in [5.74, 6) is 1.82. The molecule has 2 heterocycles. The number of piperidine rings is 1. The molecule has 2 aromatic carbocycles. The molecule has 4 rings (SSSR count). The monoisotopic (exact) mass is 455 g/mol. The van der Waals surface area contributed by atoms with E-state index in [1.165, 1.54) is 0 Å². The number of benzene rings is 2. The van der Waals surface area contributed by atoms with Gasteiger partial charge in [-0.3, -0.25) is 0 Å². The first-order chi connectivity index (χ1) is 15.2. The predicted molar refractivity (Wildman–Crippen MR) is 122 cm³/mol. The highest BCUT2D eigenvalue weighted by Gasteiger charge is 2.32. The summed E-state index contributed by atoms with van der Waals surface area (Å²) in [5, 5.41) is 4.11. The van der Waals surface area contributed by atoms with Gasteiger partial charge < -0.3 is 9.26 Å². The Morgan fingerprint density at radius 2 is 1.75 bits per heavy atom. The molecule has 1 fully saturated rings. The fourth-order valence-corrected chi connectivity index (χ4v) is 5.37. The van der Waals surface area contributed by atoms with Crippen LogP contribution in [0.4, 0.5) is 0 Å². The van der Waals surface area contributed by atoms with Crippen molar-refractivity contribution >= 4 is 10.0 Å². The van der Waals surface area contributed by atoms with Gasteiger partial charge in [-0.05, 0) is 48.1 Å². The van der Waals surface area contributed by atoms with E-state index in [1.807, 2.05) is 36.4 Å². The summed E-state index contributed by atoms with van der Waals surface area (Å²) in [6.07, 6.45) is 1.28. The molecule has 8 heteroatoms. The van der Waals surface area contributed by atoms with Crippen LogP contribution in [0.25, 0.3) is 11.4 Å². The maximum atomic E-state index is 13.1. The molecule has 1 aromatic heterocycles. The van der Waals surface area contributed by atoms with Crippen LogP contribution >= 0.6 is 0 Å². The van der Waals surface area contributed by atoms with E-state index in [-0.39, 0.29) is 11.3 Å². The predicted octanol–water partition coefficient (Wildman–Crippen LogP) is 4.61. The van der Waals surface area contributed by atoms with Crippen LogP contribution in [0.15, 0.2) is 57.9 Å². The van der Waals surface area contributed by atoms with Crippen molar-refractivity contribution in [1.29, 1.82) is 0 Å². The van der Waals surface area contributed by atoms with Crippen LogP contribution in [-0.2, 0) is 15.4 Å². The van der Waals surface area contributed by atoms with Gasteiger partial charge >= 0.3 is 0 Å². The van der Waals surface area contributed by atoms with Gasteiger partial charge in [-0.15, -0.1) is 0 Å². The molecule has 0 N–H and O–H groups in total. The first kappa shape index (κ1) is 22.5. The largest absolute Gasteiger partial charge is 0.497 e. The zero-order valence-corrected chi connectivity index (χ0v) is 19.7. The summed E-state index contributed by atoms with van der Waals surface area (Å²) in [6.45, 7) is 7.17. The van der Waals surface area contributed by atoms with E-state index in [1.54, 1.807) is 23.5 Å². The lowest BCUT2D eigenvalue weighted by Crippen LogP contribution is -2.38. The Kier molecular flexibility index (Phi) is 6.09. The second-order valence-corrected chi connectivity index (χ2v) is 11.1. The SMILES string of the molecule is COc1cccc(-c2noc(C3CCN(S(=O)(=O)c4ccc(C(C)(C)C)cc4)CC3)n2)c1. The Morgan fingerprint density at radius 1 is 1.06 bits per heavy atom. The number of methoxy groups -OCH3 is 1. The lowest BCUT2D eigenvalue weighted by molar-refractivity contribution is 0.271. The molecule has 0 saturated carbocycles. The van der Waals surface area contributed by atoms with Gasteiger partial charge in [0.1, 0.15) is 5.75 Å². The highest BCUT2D eigenvalue weighted by molar-refractivity contribution is 7.89. The van der Waals surface area contributed by atoms with Crippen molar-refractivity contribution in [3.8, 4) is 17.1 Å². The molecule has 0 amide bonds. The molecule has 0 radical (unpaired) electrons. The van der Waals surface area contributed by atoms with Gasteiger partial charge in [0.25, 0.3) is 0 Å². The first-order valence-electron chi connectivity index (χ1n) is 10.8. The van der Waals surface area contributed by atoms with Crippen LogP contribution in [0.5, 0.6) is 5.75 Å². The van der Waals surface area contributed by atoms with Gasteiger partial charge in [-0.25, -0.2) is 8.42 Å². The van der Waals surface area contributed by atoms with Crippen LogP contribution in [0, 0.1) is 0 Å². The Balaban J connectivity index is 1.43. The van der Waals surface area contributed by atoms with Gasteiger partial charge in [-0.2, -0.15) is 9.29 Å². The van der Waals surface area contributed by atoms with Crippen LogP contribution in [0.2, 0.25) is 0 Å². The first-order valence-corrected chi connectivity index (χ1v) is 12.2. The third-order valence-electron chi connectivity index (χ3n) is 5.93. The zero-order chi connectivity index (χ0) is 22.9. The summed E-state index contributed by atoms with van der Waals surface area (Å²) >= 11 is 0. The fourth-order valence-electron chi connectivity index (χ4n) is 3.90. The molecule has 32 heavy (non-hydrogen) atoms. The minimum atomic E-state index is -3.52. The van der Waals surface area contributed by atoms with Gasteiger partial charge in [0.05, 0.1) is 12.0 Å². The van der Waals surface area contributed by atoms with Crippen molar-refractivity contribution in [2.75, 3.05) is 20.2 Å². The molecule has 1 aliphatic heterocycles. The Morgan fingerprint density at radius 3 is 2.38 bits per heavy atom. The van der Waals surface area contributed by atoms with Crippen LogP contribution in [0.1, 0.15) is 51.0 Å². The molecule has 170 valence electrons. The third-order valence-corrected chi connectivity index (χ3v) is 7.84. The number of ether oxygens (including phenoxy) is 1. The maximum Gasteiger partial charge on any atom is 0.243 e. The average molecular weight is 456 g/mol. The quantitative estimate of drug-likeness (QED) is 0.558. The van der Waals surface area contributed by atoms with Gasteiger partial charge in [0.2, 0.25) is 21.7 Å². The van der Waals surface area contributed by atoms with E-state index in [9.17, 15) is 8.42 Å². The number of sulfonamides is 1. The number of hydrogen-bond acceptors (Lipinski definition) is 6. The summed E-state index contributed by atoms with van der Waals surface area (Å²) in [4.78, 5) is 4.89. The van der Waals surface area contributed by atoms with Crippen molar-refractivity contribution in [3.63, 3.8) is 0 Å². The van der Waals surface area contributed by atoms with Gasteiger partial charge in [0, 0.05) is 24.6 Å². The van der Waals surface area contributed by atoms with Crippen molar-refractivity contribution in [3.05, 3.63) is 60.0 Å². The molecule has 0 bridgehead atoms. The van der Waals surface area contributed by atoms with Crippen LogP contribution in [-0.4, -0.2) is 43.1 Å². The molecule has 7 nitrogen and oxygen atoms in total. The summed E-state index contributed by atoms with van der Waals surface area (Å²) < 4.78 is 38.5. The normalized spacial score (nSPS) is 16.2. The van der Waals surface area contributed by atoms with Crippen molar-refractivity contribution in [2.24, 2.45) is 0 Å². The lowest BCUT2D eigenvalue weighted by Gasteiger charge is -2.29. The molecule has 0 spiro atoms. The third kappa shape index (κ3) is 4.56. The summed E-state index contributed by atoms with van der Waals surface area (Å²) in [5.41, 5.74) is 1.91. The minimum absolute atomic E-state index is 0.0194. The number of rotatable bonds is 5. The smallest absolute Gasteiger partial charge is 0.243 e. The van der Waals surface area contributed by atoms with Crippen molar-refractivity contribution in [2.45, 2.75) is 49.8 Å². The molecule has 1 saturated heterocycles. The van der Waals surface area contributed by atoms with E-state index in [0.29, 0.717) is 42.5 Å². The second-order valence-electron chi connectivity index (χ2n) is 9.14. The van der Waals surface area contributed by atoms with E-state index in [4.69, 9.17) is 9.26 Å². The van der Waals surface area contributed by atoms with E-state index < -0.39 is 10.0 Å². The standard InChI is InChI=1S/C24H29N3O4S/c1-24(2,3)19-8-10-21(11-9-19)32(28,29)27-14-12-17(13-15-27)23-25-22(26-31-23)18-6-5-7-20(16-18)30-4/h5-11,16-17H,12-15H2,1-4H3. The maximum absolute atomic E-state index is 13.1. The highest BCUT2D eigenvalue weighted by Crippen LogP contribution is 2.32. The molecule has 0 unspecified atom stereocenters. The summed E-state index contributed by atoms with van der Waals surface area (Å²) in [6, 6.07) is 14.7. The van der Waals surface area contributed by atoms with Crippen molar-refractivity contribution in [1.82, 2.24) is 14.4 Å². The minimum Gasteiger partial charge on any atom is -0.497 e. The molecule has 0 aliphatic carbocycles. The molecular formula is C24H29N3O4S. The Labute approximate surface area is 189 Å². The van der Waals surface area contributed by atoms with E-state index in [0.717, 1.165) is 16.9 Å². The topological polar surface area (TPSA) is 85.5 Å². The van der Waals surface area contributed by atoms with Gasteiger partial charge in [-0.1, -0.05) is 50.2 Å². The molecule has 0 atom stereocenters. The second kappa shape index (κ2) is 8.67. The molecule has 1 aliphatic rings. The number of nitrogens with zero attached hydrogens (tertiary/aromatic N) is 3. The van der Waals surface area contributed by atoms with E-state index >= 15 is 0 Å². The number of aromatic nitrogens is 2. The number of hydrogen-bond donors (Lipinski definition) is 0. The van der Waals surface area contributed by atoms with Gasteiger partial charge in [0.15, 0.2) is 0 Å². The fraction of sp³-hybridized carbons (Fsp3) is 0.417. The Hall–Kier alpha value is -2.71.